The number of phenols is 1. The molecule has 17 heavy (non-hydrogen) atoms. The molecule has 1 amide bonds. The molecule has 1 saturated heterocycles. The Morgan fingerprint density at radius 3 is 2.71 bits per heavy atom. The first-order valence-corrected chi connectivity index (χ1v) is 7.01. The molecule has 2 rings (SSSR count). The Labute approximate surface area is 119 Å². The molecule has 1 fully saturated rings. The van der Waals surface area contributed by atoms with Crippen molar-refractivity contribution in [2.24, 2.45) is 0 Å². The van der Waals surface area contributed by atoms with Crippen LogP contribution in [0.15, 0.2) is 18.2 Å². The van der Waals surface area contributed by atoms with Gasteiger partial charge in [0.2, 0.25) is 0 Å². The van der Waals surface area contributed by atoms with Gasteiger partial charge in [-0.15, -0.1) is 11.6 Å². The molecule has 92 valence electrons. The molecule has 3 nitrogen and oxygen atoms in total. The van der Waals surface area contributed by atoms with Crippen LogP contribution < -0.4 is 0 Å². The van der Waals surface area contributed by atoms with E-state index in [4.69, 9.17) is 11.6 Å². The molecule has 1 aromatic carbocycles. The largest absolute Gasteiger partial charge is 0.507 e. The van der Waals surface area contributed by atoms with E-state index in [9.17, 15) is 9.90 Å². The van der Waals surface area contributed by atoms with Crippen LogP contribution in [0.1, 0.15) is 23.2 Å². The maximum Gasteiger partial charge on any atom is 0.257 e. The highest BCUT2D eigenvalue weighted by Crippen LogP contribution is 2.24. The van der Waals surface area contributed by atoms with Crippen LogP contribution in [0.2, 0.25) is 0 Å². The van der Waals surface area contributed by atoms with E-state index in [1.165, 1.54) is 0 Å². The molecule has 1 heterocycles. The van der Waals surface area contributed by atoms with Crippen LogP contribution in [0.25, 0.3) is 0 Å². The van der Waals surface area contributed by atoms with Gasteiger partial charge in [0.1, 0.15) is 5.75 Å². The summed E-state index contributed by atoms with van der Waals surface area (Å²) in [5.74, 6) is -0.0620. The van der Waals surface area contributed by atoms with Gasteiger partial charge in [-0.1, -0.05) is 0 Å². The third-order valence-corrected chi connectivity index (χ3v) is 4.01. The van der Waals surface area contributed by atoms with Gasteiger partial charge >= 0.3 is 0 Å². The van der Waals surface area contributed by atoms with Gasteiger partial charge in [-0.3, -0.25) is 4.79 Å². The maximum atomic E-state index is 12.2. The number of nitrogens with zero attached hydrogens (tertiary/aromatic N) is 1. The molecule has 5 heteroatoms. The number of alkyl halides is 1. The van der Waals surface area contributed by atoms with E-state index in [2.05, 4.69) is 22.6 Å². The zero-order valence-corrected chi connectivity index (χ0v) is 12.1. The molecule has 1 aliphatic heterocycles. The number of rotatable bonds is 1. The lowest BCUT2D eigenvalue weighted by atomic mass is 10.1. The smallest absolute Gasteiger partial charge is 0.257 e. The summed E-state index contributed by atoms with van der Waals surface area (Å²) < 4.78 is 0.941. The van der Waals surface area contributed by atoms with Gasteiger partial charge in [0.05, 0.1) is 5.56 Å². The lowest BCUT2D eigenvalue weighted by Crippen LogP contribution is -2.38. The molecule has 1 N–H and O–H groups in total. The molecule has 0 saturated carbocycles. The number of benzene rings is 1. The van der Waals surface area contributed by atoms with Crippen LogP contribution in [-0.4, -0.2) is 34.4 Å². The Morgan fingerprint density at radius 1 is 1.41 bits per heavy atom. The predicted octanol–water partition coefficient (Wildman–Crippen LogP) is 2.84. The highest BCUT2D eigenvalue weighted by atomic mass is 127. The molecule has 0 spiro atoms. The Hall–Kier alpha value is -0.490. The van der Waals surface area contributed by atoms with Gasteiger partial charge in [0.15, 0.2) is 0 Å². The fourth-order valence-corrected chi connectivity index (χ4v) is 2.59. The second kappa shape index (κ2) is 5.44. The van der Waals surface area contributed by atoms with Crippen LogP contribution in [0.4, 0.5) is 0 Å². The Balaban J connectivity index is 2.16. The molecule has 1 aliphatic rings. The van der Waals surface area contributed by atoms with Crippen molar-refractivity contribution in [3.8, 4) is 5.75 Å². The Kier molecular flexibility index (Phi) is 4.14. The van der Waals surface area contributed by atoms with Gasteiger partial charge < -0.3 is 10.0 Å². The highest BCUT2D eigenvalue weighted by molar-refractivity contribution is 14.1. The number of aromatic hydroxyl groups is 1. The van der Waals surface area contributed by atoms with Crippen molar-refractivity contribution >= 4 is 40.1 Å². The number of piperidine rings is 1. The zero-order chi connectivity index (χ0) is 12.4. The van der Waals surface area contributed by atoms with Gasteiger partial charge in [-0.05, 0) is 53.6 Å². The van der Waals surface area contributed by atoms with Crippen molar-refractivity contribution in [2.75, 3.05) is 13.1 Å². The van der Waals surface area contributed by atoms with Crippen LogP contribution in [0.5, 0.6) is 5.75 Å². The van der Waals surface area contributed by atoms with Gasteiger partial charge in [0, 0.05) is 22.0 Å². The van der Waals surface area contributed by atoms with E-state index in [0.29, 0.717) is 18.7 Å². The molecule has 0 radical (unpaired) electrons. The number of likely N-dealkylation sites (tertiary alicyclic amines) is 1. The second-order valence-corrected chi connectivity index (χ2v) is 5.99. The normalized spacial score (nSPS) is 17.2. The first kappa shape index (κ1) is 13.0. The fourth-order valence-electron chi connectivity index (χ4n) is 1.90. The molecule has 0 unspecified atom stereocenters. The summed E-state index contributed by atoms with van der Waals surface area (Å²) in [7, 11) is 0. The van der Waals surface area contributed by atoms with E-state index in [0.717, 1.165) is 16.4 Å². The molecule has 1 aromatic rings. The molecule has 0 atom stereocenters. The second-order valence-electron chi connectivity index (χ2n) is 4.13. The standard InChI is InChI=1S/C12H13ClINO2/c13-8-3-5-15(6-4-8)12(17)10-7-9(14)1-2-11(10)16/h1-2,7-8,16H,3-6H2. The van der Waals surface area contributed by atoms with E-state index in [-0.39, 0.29) is 17.0 Å². The molecule has 0 aliphatic carbocycles. The van der Waals surface area contributed by atoms with Gasteiger partial charge in [0.25, 0.3) is 5.91 Å². The zero-order valence-electron chi connectivity index (χ0n) is 9.20. The molecular formula is C12H13ClINO2. The monoisotopic (exact) mass is 365 g/mol. The molecule has 0 bridgehead atoms. The van der Waals surface area contributed by atoms with Gasteiger partial charge in [-0.25, -0.2) is 0 Å². The SMILES string of the molecule is O=C(c1cc(I)ccc1O)N1CCC(Cl)CC1. The first-order chi connectivity index (χ1) is 8.08. The summed E-state index contributed by atoms with van der Waals surface area (Å²) in [6, 6.07) is 5.05. The van der Waals surface area contributed by atoms with Crippen LogP contribution in [-0.2, 0) is 0 Å². The fraction of sp³-hybridized carbons (Fsp3) is 0.417. The topological polar surface area (TPSA) is 40.5 Å². The van der Waals surface area contributed by atoms with Crippen molar-refractivity contribution in [2.45, 2.75) is 18.2 Å². The number of phenolic OH excluding ortho intramolecular Hbond substituents is 1. The third kappa shape index (κ3) is 3.04. The Morgan fingerprint density at radius 2 is 2.06 bits per heavy atom. The summed E-state index contributed by atoms with van der Waals surface area (Å²) in [6.07, 6.45) is 1.63. The van der Waals surface area contributed by atoms with Crippen molar-refractivity contribution in [1.29, 1.82) is 0 Å². The number of amides is 1. The highest BCUT2D eigenvalue weighted by Gasteiger charge is 2.24. The molecular weight excluding hydrogens is 352 g/mol. The number of carbonyl (C=O) groups excluding carboxylic acids is 1. The van der Waals surface area contributed by atoms with Crippen molar-refractivity contribution in [3.63, 3.8) is 0 Å². The van der Waals surface area contributed by atoms with Crippen molar-refractivity contribution in [3.05, 3.63) is 27.3 Å². The number of hydrogen-bond acceptors (Lipinski definition) is 2. The number of halogens is 2. The minimum Gasteiger partial charge on any atom is -0.507 e. The van der Waals surface area contributed by atoms with Crippen LogP contribution in [0.3, 0.4) is 0 Å². The predicted molar refractivity (Wildman–Crippen MR) is 75.6 cm³/mol. The van der Waals surface area contributed by atoms with E-state index in [1.54, 1.807) is 23.1 Å². The summed E-state index contributed by atoms with van der Waals surface area (Å²) >= 11 is 8.13. The number of hydrogen-bond donors (Lipinski definition) is 1. The quantitative estimate of drug-likeness (QED) is 0.614. The minimum absolute atomic E-state index is 0.0448. The van der Waals surface area contributed by atoms with Gasteiger partial charge in [-0.2, -0.15) is 0 Å². The van der Waals surface area contributed by atoms with Crippen LogP contribution in [0, 0.1) is 3.57 Å². The lowest BCUT2D eigenvalue weighted by molar-refractivity contribution is 0.0723. The minimum atomic E-state index is -0.107. The average Bonchev–Trinajstić information content (AvgIpc) is 2.32. The van der Waals surface area contributed by atoms with E-state index >= 15 is 0 Å². The van der Waals surface area contributed by atoms with Crippen molar-refractivity contribution < 1.29 is 9.90 Å². The third-order valence-electron chi connectivity index (χ3n) is 2.90. The first-order valence-electron chi connectivity index (χ1n) is 5.50. The summed E-state index contributed by atoms with van der Waals surface area (Å²) in [5, 5.41) is 9.88. The van der Waals surface area contributed by atoms with E-state index < -0.39 is 0 Å². The average molecular weight is 366 g/mol. The van der Waals surface area contributed by atoms with E-state index in [1.807, 2.05) is 0 Å². The Bertz CT molecular complexity index is 431. The summed E-state index contributed by atoms with van der Waals surface area (Å²) in [6.45, 7) is 1.33. The summed E-state index contributed by atoms with van der Waals surface area (Å²) in [5.41, 5.74) is 0.380. The lowest BCUT2D eigenvalue weighted by Gasteiger charge is -2.29. The van der Waals surface area contributed by atoms with Crippen LogP contribution >= 0.6 is 34.2 Å². The van der Waals surface area contributed by atoms with Crippen molar-refractivity contribution in [1.82, 2.24) is 4.90 Å². The maximum absolute atomic E-state index is 12.2. The molecule has 0 aromatic heterocycles. The summed E-state index contributed by atoms with van der Waals surface area (Å²) in [4.78, 5) is 14.0. The number of carbonyl (C=O) groups is 1.